The lowest BCUT2D eigenvalue weighted by Gasteiger charge is -2.42. The number of hydrogen-bond acceptors (Lipinski definition) is 3. The molecule has 0 aliphatic carbocycles. The molecule has 2 unspecified atom stereocenters. The molecule has 0 saturated carbocycles. The van der Waals surface area contributed by atoms with E-state index in [1.807, 2.05) is 0 Å². The van der Waals surface area contributed by atoms with Gasteiger partial charge in [0.15, 0.2) is 0 Å². The number of hydrogen-bond donors (Lipinski definition) is 1. The van der Waals surface area contributed by atoms with Crippen LogP contribution in [0.3, 0.4) is 0 Å². The Morgan fingerprint density at radius 2 is 2.17 bits per heavy atom. The maximum atomic E-state index is 3.58. The van der Waals surface area contributed by atoms with Crippen molar-refractivity contribution in [2.45, 2.75) is 39.2 Å². The highest BCUT2D eigenvalue weighted by atomic mass is 15.2. The highest BCUT2D eigenvalue weighted by Crippen LogP contribution is 2.35. The van der Waals surface area contributed by atoms with Gasteiger partial charge in [-0.3, -0.25) is 0 Å². The van der Waals surface area contributed by atoms with Gasteiger partial charge >= 0.3 is 0 Å². The Morgan fingerprint density at radius 1 is 1.39 bits per heavy atom. The van der Waals surface area contributed by atoms with Crippen molar-refractivity contribution in [2.24, 2.45) is 11.3 Å². The van der Waals surface area contributed by atoms with Crippen molar-refractivity contribution in [3.05, 3.63) is 0 Å². The predicted molar refractivity (Wildman–Crippen MR) is 77.9 cm³/mol. The monoisotopic (exact) mass is 253 g/mol. The largest absolute Gasteiger partial charge is 0.316 e. The van der Waals surface area contributed by atoms with Crippen molar-refractivity contribution in [1.82, 2.24) is 15.1 Å². The van der Waals surface area contributed by atoms with Crippen LogP contribution < -0.4 is 5.32 Å². The van der Waals surface area contributed by atoms with Crippen molar-refractivity contribution < 1.29 is 0 Å². The fourth-order valence-electron chi connectivity index (χ4n) is 3.61. The second-order valence-corrected chi connectivity index (χ2v) is 6.94. The van der Waals surface area contributed by atoms with Gasteiger partial charge in [-0.15, -0.1) is 0 Å². The second kappa shape index (κ2) is 5.89. The molecule has 2 aliphatic heterocycles. The van der Waals surface area contributed by atoms with E-state index in [2.05, 4.69) is 43.1 Å². The van der Waals surface area contributed by atoms with Gasteiger partial charge in [0, 0.05) is 25.7 Å². The molecule has 18 heavy (non-hydrogen) atoms. The van der Waals surface area contributed by atoms with Gasteiger partial charge < -0.3 is 15.1 Å². The third-order valence-electron chi connectivity index (χ3n) is 5.25. The third kappa shape index (κ3) is 3.06. The van der Waals surface area contributed by atoms with E-state index >= 15 is 0 Å². The first kappa shape index (κ1) is 14.3. The molecule has 2 aliphatic rings. The van der Waals surface area contributed by atoms with Gasteiger partial charge in [0.25, 0.3) is 0 Å². The van der Waals surface area contributed by atoms with Gasteiger partial charge in [-0.1, -0.05) is 13.8 Å². The van der Waals surface area contributed by atoms with Crippen LogP contribution in [0.5, 0.6) is 0 Å². The number of likely N-dealkylation sites (N-methyl/N-ethyl adjacent to an activating group) is 1. The summed E-state index contributed by atoms with van der Waals surface area (Å²) in [7, 11) is 4.45. The summed E-state index contributed by atoms with van der Waals surface area (Å²) in [4.78, 5) is 5.13. The van der Waals surface area contributed by atoms with E-state index in [9.17, 15) is 0 Å². The molecule has 2 fully saturated rings. The van der Waals surface area contributed by atoms with E-state index in [4.69, 9.17) is 0 Å². The van der Waals surface area contributed by atoms with Gasteiger partial charge in [-0.25, -0.2) is 0 Å². The van der Waals surface area contributed by atoms with Crippen LogP contribution in [0.25, 0.3) is 0 Å². The molecular formula is C15H31N3. The van der Waals surface area contributed by atoms with E-state index in [-0.39, 0.29) is 0 Å². The zero-order valence-corrected chi connectivity index (χ0v) is 12.7. The third-order valence-corrected chi connectivity index (χ3v) is 5.25. The Morgan fingerprint density at radius 3 is 2.72 bits per heavy atom. The zero-order chi connectivity index (χ0) is 13.2. The highest BCUT2D eigenvalue weighted by Gasteiger charge is 2.39. The Bertz CT molecular complexity index is 256. The van der Waals surface area contributed by atoms with E-state index < -0.39 is 0 Å². The molecule has 0 aromatic rings. The standard InChI is InChI=1S/C15H31N3/c1-13(2)15(7-8-16-11-15)12-18-9-5-6-14(10-18)17(3)4/h13-14,16H,5-12H2,1-4H3. The summed E-state index contributed by atoms with van der Waals surface area (Å²) in [6.07, 6.45) is 4.09. The van der Waals surface area contributed by atoms with Crippen molar-refractivity contribution in [3.63, 3.8) is 0 Å². The van der Waals surface area contributed by atoms with Gasteiger partial charge in [0.1, 0.15) is 0 Å². The predicted octanol–water partition coefficient (Wildman–Crippen LogP) is 1.65. The van der Waals surface area contributed by atoms with E-state index in [0.29, 0.717) is 5.41 Å². The lowest BCUT2D eigenvalue weighted by atomic mass is 9.75. The summed E-state index contributed by atoms with van der Waals surface area (Å²) >= 11 is 0. The Labute approximate surface area is 113 Å². The molecule has 2 heterocycles. The molecule has 0 radical (unpaired) electrons. The number of rotatable bonds is 4. The smallest absolute Gasteiger partial charge is 0.0217 e. The van der Waals surface area contributed by atoms with Crippen molar-refractivity contribution in [2.75, 3.05) is 46.8 Å². The number of piperidine rings is 1. The molecule has 106 valence electrons. The van der Waals surface area contributed by atoms with E-state index in [1.54, 1.807) is 0 Å². The first-order valence-corrected chi connectivity index (χ1v) is 7.63. The van der Waals surface area contributed by atoms with Crippen LogP contribution in [0.1, 0.15) is 33.1 Å². The average molecular weight is 253 g/mol. The fourth-order valence-corrected chi connectivity index (χ4v) is 3.61. The summed E-state index contributed by atoms with van der Waals surface area (Å²) in [5, 5.41) is 3.58. The first-order valence-electron chi connectivity index (χ1n) is 7.63. The van der Waals surface area contributed by atoms with E-state index in [1.165, 1.54) is 52.0 Å². The first-order chi connectivity index (χ1) is 8.53. The van der Waals surface area contributed by atoms with Crippen LogP contribution in [-0.4, -0.2) is 62.7 Å². The van der Waals surface area contributed by atoms with Crippen LogP contribution in [0, 0.1) is 11.3 Å². The Kier molecular flexibility index (Phi) is 4.68. The van der Waals surface area contributed by atoms with Gasteiger partial charge in [-0.2, -0.15) is 0 Å². The van der Waals surface area contributed by atoms with Crippen molar-refractivity contribution >= 4 is 0 Å². The Balaban J connectivity index is 1.95. The minimum absolute atomic E-state index is 0.522. The summed E-state index contributed by atoms with van der Waals surface area (Å²) < 4.78 is 0. The Hall–Kier alpha value is -0.120. The SMILES string of the molecule is CC(C)C1(CN2CCCC(N(C)C)C2)CCNC1. The molecule has 2 saturated heterocycles. The van der Waals surface area contributed by atoms with Crippen molar-refractivity contribution in [3.8, 4) is 0 Å². The molecule has 3 heteroatoms. The lowest BCUT2D eigenvalue weighted by Crippen LogP contribution is -2.50. The topological polar surface area (TPSA) is 18.5 Å². The zero-order valence-electron chi connectivity index (χ0n) is 12.7. The minimum atomic E-state index is 0.522. The second-order valence-electron chi connectivity index (χ2n) is 6.94. The maximum Gasteiger partial charge on any atom is 0.0217 e. The van der Waals surface area contributed by atoms with Crippen LogP contribution in [0.2, 0.25) is 0 Å². The maximum absolute atomic E-state index is 3.58. The normalized spacial score (nSPS) is 34.7. The van der Waals surface area contributed by atoms with Crippen LogP contribution in [-0.2, 0) is 0 Å². The molecule has 3 nitrogen and oxygen atoms in total. The van der Waals surface area contributed by atoms with Crippen LogP contribution >= 0.6 is 0 Å². The molecule has 2 atom stereocenters. The van der Waals surface area contributed by atoms with Crippen molar-refractivity contribution in [1.29, 1.82) is 0 Å². The number of nitrogens with zero attached hydrogens (tertiary/aromatic N) is 2. The van der Waals surface area contributed by atoms with E-state index in [0.717, 1.165) is 12.0 Å². The summed E-state index contributed by atoms with van der Waals surface area (Å²) in [6, 6.07) is 0.761. The summed E-state index contributed by atoms with van der Waals surface area (Å²) in [6.45, 7) is 11.1. The summed E-state index contributed by atoms with van der Waals surface area (Å²) in [5.41, 5.74) is 0.522. The lowest BCUT2D eigenvalue weighted by molar-refractivity contribution is 0.0689. The molecule has 0 aromatic carbocycles. The highest BCUT2D eigenvalue weighted by molar-refractivity contribution is 4.94. The molecule has 1 N–H and O–H groups in total. The van der Waals surface area contributed by atoms with Gasteiger partial charge in [-0.05, 0) is 57.8 Å². The average Bonchev–Trinajstić information content (AvgIpc) is 2.79. The molecular weight excluding hydrogens is 222 g/mol. The van der Waals surface area contributed by atoms with Crippen LogP contribution in [0.15, 0.2) is 0 Å². The van der Waals surface area contributed by atoms with Gasteiger partial charge in [0.2, 0.25) is 0 Å². The minimum Gasteiger partial charge on any atom is -0.316 e. The fraction of sp³-hybridized carbons (Fsp3) is 1.00. The molecule has 0 amide bonds. The van der Waals surface area contributed by atoms with Gasteiger partial charge in [0.05, 0.1) is 0 Å². The van der Waals surface area contributed by atoms with Crippen LogP contribution in [0.4, 0.5) is 0 Å². The quantitative estimate of drug-likeness (QED) is 0.822. The molecule has 2 rings (SSSR count). The molecule has 0 bridgehead atoms. The summed E-state index contributed by atoms with van der Waals surface area (Å²) in [5.74, 6) is 0.784. The number of likely N-dealkylation sites (tertiary alicyclic amines) is 1. The molecule has 0 aromatic heterocycles. The number of nitrogens with one attached hydrogen (secondary N) is 1. The molecule has 0 spiro atoms.